The van der Waals surface area contributed by atoms with Crippen molar-refractivity contribution in [1.82, 2.24) is 0 Å². The van der Waals surface area contributed by atoms with Gasteiger partial charge in [0.15, 0.2) is 5.78 Å². The molecule has 0 saturated carbocycles. The van der Waals surface area contributed by atoms with E-state index in [1.54, 1.807) is 12.1 Å². The molecule has 0 saturated heterocycles. The van der Waals surface area contributed by atoms with Crippen molar-refractivity contribution in [3.63, 3.8) is 0 Å². The van der Waals surface area contributed by atoms with E-state index in [9.17, 15) is 4.79 Å². The third kappa shape index (κ3) is 2.43. The van der Waals surface area contributed by atoms with Crippen molar-refractivity contribution in [3.8, 4) is 0 Å². The van der Waals surface area contributed by atoms with E-state index >= 15 is 0 Å². The maximum Gasteiger partial charge on any atom is 0.184 e. The van der Waals surface area contributed by atoms with Gasteiger partial charge in [0.25, 0.3) is 0 Å². The van der Waals surface area contributed by atoms with Gasteiger partial charge in [-0.25, -0.2) is 0 Å². The summed E-state index contributed by atoms with van der Waals surface area (Å²) in [6.45, 7) is 1.97. The van der Waals surface area contributed by atoms with Crippen LogP contribution < -0.4 is 5.73 Å². The number of carbonyl (C=O) groups excluding carboxylic acids is 1. The monoisotopic (exact) mass is 225 g/mol. The molecule has 2 aromatic rings. The van der Waals surface area contributed by atoms with Gasteiger partial charge in [-0.05, 0) is 18.1 Å². The van der Waals surface area contributed by atoms with Gasteiger partial charge in [0.2, 0.25) is 0 Å². The SMILES string of the molecule is Cc1ccccc1C(N)C(=O)c1ccccc1. The van der Waals surface area contributed by atoms with Crippen LogP contribution in [0.2, 0.25) is 0 Å². The zero-order chi connectivity index (χ0) is 12.3. The molecule has 0 aliphatic rings. The highest BCUT2D eigenvalue weighted by Crippen LogP contribution is 2.19. The summed E-state index contributed by atoms with van der Waals surface area (Å²) in [6, 6.07) is 16.3. The van der Waals surface area contributed by atoms with Gasteiger partial charge in [-0.1, -0.05) is 54.6 Å². The second-order valence-electron chi connectivity index (χ2n) is 4.06. The first kappa shape index (κ1) is 11.6. The third-order valence-corrected chi connectivity index (χ3v) is 2.86. The second-order valence-corrected chi connectivity index (χ2v) is 4.06. The van der Waals surface area contributed by atoms with Crippen molar-refractivity contribution in [2.24, 2.45) is 5.73 Å². The van der Waals surface area contributed by atoms with E-state index in [2.05, 4.69) is 0 Å². The summed E-state index contributed by atoms with van der Waals surface area (Å²) >= 11 is 0. The maximum atomic E-state index is 12.2. The van der Waals surface area contributed by atoms with Gasteiger partial charge in [-0.2, -0.15) is 0 Å². The number of hydrogen-bond acceptors (Lipinski definition) is 2. The number of rotatable bonds is 3. The molecule has 0 spiro atoms. The number of hydrogen-bond donors (Lipinski definition) is 1. The highest BCUT2D eigenvalue weighted by Gasteiger charge is 2.18. The number of aryl methyl sites for hydroxylation is 1. The van der Waals surface area contributed by atoms with Crippen LogP contribution in [0.3, 0.4) is 0 Å². The van der Waals surface area contributed by atoms with Crippen LogP contribution in [0.25, 0.3) is 0 Å². The first-order valence-electron chi connectivity index (χ1n) is 5.60. The predicted octanol–water partition coefficient (Wildman–Crippen LogP) is 2.88. The minimum atomic E-state index is -0.585. The molecule has 0 amide bonds. The fraction of sp³-hybridized carbons (Fsp3) is 0.133. The first-order chi connectivity index (χ1) is 8.20. The highest BCUT2D eigenvalue weighted by atomic mass is 16.1. The van der Waals surface area contributed by atoms with Gasteiger partial charge in [0, 0.05) is 5.56 Å². The molecule has 2 aromatic carbocycles. The Morgan fingerprint density at radius 1 is 1.00 bits per heavy atom. The number of benzene rings is 2. The fourth-order valence-corrected chi connectivity index (χ4v) is 1.86. The van der Waals surface area contributed by atoms with Gasteiger partial charge in [0.1, 0.15) is 0 Å². The minimum Gasteiger partial charge on any atom is -0.317 e. The van der Waals surface area contributed by atoms with E-state index in [0.717, 1.165) is 11.1 Å². The number of nitrogens with two attached hydrogens (primary N) is 1. The van der Waals surface area contributed by atoms with Crippen molar-refractivity contribution >= 4 is 5.78 Å². The molecule has 1 atom stereocenters. The standard InChI is InChI=1S/C15H15NO/c1-11-7-5-6-10-13(11)14(16)15(17)12-8-3-2-4-9-12/h2-10,14H,16H2,1H3. The van der Waals surface area contributed by atoms with Gasteiger partial charge in [-0.3, -0.25) is 4.79 Å². The molecular formula is C15H15NO. The van der Waals surface area contributed by atoms with Crippen LogP contribution in [0, 0.1) is 6.92 Å². The Labute approximate surface area is 101 Å². The zero-order valence-electron chi connectivity index (χ0n) is 9.76. The summed E-state index contributed by atoms with van der Waals surface area (Å²) in [6.07, 6.45) is 0. The van der Waals surface area contributed by atoms with Crippen LogP contribution in [0.5, 0.6) is 0 Å². The van der Waals surface area contributed by atoms with Gasteiger partial charge < -0.3 is 5.73 Å². The normalized spacial score (nSPS) is 12.1. The highest BCUT2D eigenvalue weighted by molar-refractivity contribution is 6.00. The summed E-state index contributed by atoms with van der Waals surface area (Å²) in [5.74, 6) is -0.0418. The summed E-state index contributed by atoms with van der Waals surface area (Å²) in [4.78, 5) is 12.2. The molecule has 0 aliphatic carbocycles. The molecule has 0 aromatic heterocycles. The first-order valence-corrected chi connectivity index (χ1v) is 5.60. The number of Topliss-reactive ketones (excluding diaryl/α,β-unsaturated/α-hetero) is 1. The Hall–Kier alpha value is -1.93. The van der Waals surface area contributed by atoms with Crippen molar-refractivity contribution < 1.29 is 4.79 Å². The molecule has 0 bridgehead atoms. The van der Waals surface area contributed by atoms with E-state index in [4.69, 9.17) is 5.73 Å². The lowest BCUT2D eigenvalue weighted by molar-refractivity contribution is 0.0961. The van der Waals surface area contributed by atoms with E-state index in [-0.39, 0.29) is 5.78 Å². The molecule has 17 heavy (non-hydrogen) atoms. The molecule has 0 aliphatic heterocycles. The topological polar surface area (TPSA) is 43.1 Å². The molecule has 2 N–H and O–H groups in total. The van der Waals surface area contributed by atoms with Gasteiger partial charge >= 0.3 is 0 Å². The quantitative estimate of drug-likeness (QED) is 0.816. The summed E-state index contributed by atoms with van der Waals surface area (Å²) in [5.41, 5.74) is 8.61. The summed E-state index contributed by atoms with van der Waals surface area (Å²) < 4.78 is 0. The number of ketones is 1. The van der Waals surface area contributed by atoms with Gasteiger partial charge in [0.05, 0.1) is 6.04 Å². The number of carbonyl (C=O) groups is 1. The Bertz CT molecular complexity index is 519. The predicted molar refractivity (Wildman–Crippen MR) is 68.9 cm³/mol. The van der Waals surface area contributed by atoms with Crippen LogP contribution in [0.4, 0.5) is 0 Å². The minimum absolute atomic E-state index is 0.0418. The Morgan fingerprint density at radius 3 is 2.24 bits per heavy atom. The molecule has 86 valence electrons. The molecular weight excluding hydrogens is 210 g/mol. The van der Waals surface area contributed by atoms with Crippen LogP contribution in [0.15, 0.2) is 54.6 Å². The van der Waals surface area contributed by atoms with E-state index in [1.807, 2.05) is 49.4 Å². The molecule has 2 heteroatoms. The summed E-state index contributed by atoms with van der Waals surface area (Å²) in [7, 11) is 0. The third-order valence-electron chi connectivity index (χ3n) is 2.86. The lowest BCUT2D eigenvalue weighted by Gasteiger charge is -2.13. The smallest absolute Gasteiger partial charge is 0.184 e. The molecule has 0 heterocycles. The van der Waals surface area contributed by atoms with E-state index in [1.165, 1.54) is 0 Å². The zero-order valence-corrected chi connectivity index (χ0v) is 9.76. The largest absolute Gasteiger partial charge is 0.317 e. The fourth-order valence-electron chi connectivity index (χ4n) is 1.86. The van der Waals surface area contributed by atoms with Gasteiger partial charge in [-0.15, -0.1) is 0 Å². The maximum absolute atomic E-state index is 12.2. The van der Waals surface area contributed by atoms with E-state index < -0.39 is 6.04 Å². The van der Waals surface area contributed by atoms with Crippen molar-refractivity contribution in [2.75, 3.05) is 0 Å². The lowest BCUT2D eigenvalue weighted by Crippen LogP contribution is -2.22. The van der Waals surface area contributed by atoms with Crippen LogP contribution in [0.1, 0.15) is 27.5 Å². The van der Waals surface area contributed by atoms with E-state index in [0.29, 0.717) is 5.56 Å². The summed E-state index contributed by atoms with van der Waals surface area (Å²) in [5, 5.41) is 0. The average Bonchev–Trinajstić information content (AvgIpc) is 2.39. The van der Waals surface area contributed by atoms with Crippen LogP contribution >= 0.6 is 0 Å². The van der Waals surface area contributed by atoms with Crippen LogP contribution in [-0.4, -0.2) is 5.78 Å². The molecule has 1 unspecified atom stereocenters. The Kier molecular flexibility index (Phi) is 3.35. The molecule has 2 rings (SSSR count). The molecule has 0 radical (unpaired) electrons. The van der Waals surface area contributed by atoms with Crippen LogP contribution in [-0.2, 0) is 0 Å². The molecule has 2 nitrogen and oxygen atoms in total. The second kappa shape index (κ2) is 4.93. The van der Waals surface area contributed by atoms with Crippen molar-refractivity contribution in [1.29, 1.82) is 0 Å². The Balaban J connectivity index is 2.30. The van der Waals surface area contributed by atoms with Crippen molar-refractivity contribution in [3.05, 3.63) is 71.3 Å². The lowest BCUT2D eigenvalue weighted by atomic mass is 9.95. The average molecular weight is 225 g/mol. The van der Waals surface area contributed by atoms with Crippen molar-refractivity contribution in [2.45, 2.75) is 13.0 Å². The molecule has 0 fully saturated rings. The Morgan fingerprint density at radius 2 is 1.59 bits per heavy atom.